The number of hydrogen-bond donors (Lipinski definition) is 1. The molecule has 0 radical (unpaired) electrons. The number of hydrogen-bond acceptors (Lipinski definition) is 4. The smallest absolute Gasteiger partial charge is 0.435 e. The van der Waals surface area contributed by atoms with Crippen molar-refractivity contribution < 1.29 is 27.4 Å². The summed E-state index contributed by atoms with van der Waals surface area (Å²) in [5, 5.41) is 6.36. The molecule has 2 heterocycles. The summed E-state index contributed by atoms with van der Waals surface area (Å²) in [6.07, 6.45) is -2.73. The third-order valence-electron chi connectivity index (χ3n) is 4.34. The van der Waals surface area contributed by atoms with E-state index in [1.54, 1.807) is 18.2 Å². The third kappa shape index (κ3) is 3.33. The molecule has 1 aliphatic heterocycles. The summed E-state index contributed by atoms with van der Waals surface area (Å²) < 4.78 is 50.4. The standard InChI is InChI=1S/C17H16F3N3O3/c18-17(19,20)15-8-12(10-1-2-10)23(22-15)6-5-21-16(24)11-3-4-13-14(7-11)26-9-25-13/h3-4,7-8,10H,1-2,5-6,9H2,(H,21,24). The quantitative estimate of drug-likeness (QED) is 0.883. The lowest BCUT2D eigenvalue weighted by molar-refractivity contribution is -0.141. The van der Waals surface area contributed by atoms with E-state index in [2.05, 4.69) is 10.4 Å². The maximum absolute atomic E-state index is 12.9. The van der Waals surface area contributed by atoms with Gasteiger partial charge in [0.15, 0.2) is 17.2 Å². The van der Waals surface area contributed by atoms with Crippen molar-refractivity contribution in [1.82, 2.24) is 15.1 Å². The summed E-state index contributed by atoms with van der Waals surface area (Å²) in [6, 6.07) is 5.93. The third-order valence-corrected chi connectivity index (χ3v) is 4.34. The largest absolute Gasteiger partial charge is 0.454 e. The monoisotopic (exact) mass is 367 g/mol. The second-order valence-corrected chi connectivity index (χ2v) is 6.27. The van der Waals surface area contributed by atoms with Crippen molar-refractivity contribution >= 4 is 5.91 Å². The van der Waals surface area contributed by atoms with Crippen LogP contribution >= 0.6 is 0 Å². The number of ether oxygens (including phenoxy) is 2. The molecule has 2 aliphatic rings. The second-order valence-electron chi connectivity index (χ2n) is 6.27. The van der Waals surface area contributed by atoms with Gasteiger partial charge in [0, 0.05) is 23.7 Å². The van der Waals surface area contributed by atoms with Gasteiger partial charge >= 0.3 is 6.18 Å². The van der Waals surface area contributed by atoms with Gasteiger partial charge in [0.1, 0.15) is 0 Å². The molecule has 1 aromatic carbocycles. The van der Waals surface area contributed by atoms with Crippen molar-refractivity contribution in [3.63, 3.8) is 0 Å². The number of carbonyl (C=O) groups excluding carboxylic acids is 1. The van der Waals surface area contributed by atoms with E-state index >= 15 is 0 Å². The number of aromatic nitrogens is 2. The fraction of sp³-hybridized carbons (Fsp3) is 0.412. The summed E-state index contributed by atoms with van der Waals surface area (Å²) >= 11 is 0. The topological polar surface area (TPSA) is 65.4 Å². The molecule has 1 aliphatic carbocycles. The van der Waals surface area contributed by atoms with Gasteiger partial charge in [-0.15, -0.1) is 0 Å². The molecule has 26 heavy (non-hydrogen) atoms. The van der Waals surface area contributed by atoms with Crippen LogP contribution in [0.4, 0.5) is 13.2 Å². The molecule has 0 saturated heterocycles. The second kappa shape index (κ2) is 6.22. The Labute approximate surface area is 146 Å². The molecule has 9 heteroatoms. The fourth-order valence-electron chi connectivity index (χ4n) is 2.87. The molecule has 138 valence electrons. The predicted molar refractivity (Wildman–Crippen MR) is 84.1 cm³/mol. The lowest BCUT2D eigenvalue weighted by atomic mass is 10.2. The lowest BCUT2D eigenvalue weighted by Crippen LogP contribution is -2.28. The SMILES string of the molecule is O=C(NCCn1nc(C(F)(F)F)cc1C1CC1)c1ccc2c(c1)OCO2. The summed E-state index contributed by atoms with van der Waals surface area (Å²) in [5.41, 5.74) is 0.0873. The zero-order valence-corrected chi connectivity index (χ0v) is 13.7. The Morgan fingerprint density at radius 1 is 1.23 bits per heavy atom. The van der Waals surface area contributed by atoms with Crippen LogP contribution in [0.3, 0.4) is 0 Å². The zero-order valence-electron chi connectivity index (χ0n) is 13.7. The van der Waals surface area contributed by atoms with Crippen LogP contribution in [0.1, 0.15) is 40.5 Å². The number of nitrogens with zero attached hydrogens (tertiary/aromatic N) is 2. The van der Waals surface area contributed by atoms with Crippen molar-refractivity contribution in [3.8, 4) is 11.5 Å². The molecule has 0 spiro atoms. The minimum atomic E-state index is -4.47. The molecule has 4 rings (SSSR count). The maximum atomic E-state index is 12.9. The Hall–Kier alpha value is -2.71. The van der Waals surface area contributed by atoms with Gasteiger partial charge in [0.05, 0.1) is 6.54 Å². The molecule has 0 unspecified atom stereocenters. The van der Waals surface area contributed by atoms with Crippen LogP contribution in [-0.2, 0) is 12.7 Å². The number of carbonyl (C=O) groups is 1. The average Bonchev–Trinajstić information content (AvgIpc) is 3.17. The van der Waals surface area contributed by atoms with Crippen molar-refractivity contribution in [3.05, 3.63) is 41.2 Å². The summed E-state index contributed by atoms with van der Waals surface area (Å²) in [5.74, 6) is 0.866. The van der Waals surface area contributed by atoms with Gasteiger partial charge in [-0.3, -0.25) is 9.48 Å². The van der Waals surface area contributed by atoms with E-state index in [0.29, 0.717) is 22.8 Å². The van der Waals surface area contributed by atoms with E-state index in [9.17, 15) is 18.0 Å². The van der Waals surface area contributed by atoms with E-state index in [1.807, 2.05) is 0 Å². The van der Waals surface area contributed by atoms with E-state index < -0.39 is 11.9 Å². The first-order valence-electron chi connectivity index (χ1n) is 8.24. The molecule has 0 atom stereocenters. The average molecular weight is 367 g/mol. The van der Waals surface area contributed by atoms with Crippen LogP contribution in [0.2, 0.25) is 0 Å². The normalized spacial score (nSPS) is 16.0. The van der Waals surface area contributed by atoms with Crippen molar-refractivity contribution in [2.24, 2.45) is 0 Å². The zero-order chi connectivity index (χ0) is 18.3. The van der Waals surface area contributed by atoms with Crippen LogP contribution in [0.5, 0.6) is 11.5 Å². The molecule has 1 aromatic heterocycles. The first-order chi connectivity index (χ1) is 12.4. The fourth-order valence-corrected chi connectivity index (χ4v) is 2.87. The maximum Gasteiger partial charge on any atom is 0.435 e. The molecule has 1 saturated carbocycles. The molecule has 2 aromatic rings. The number of nitrogens with one attached hydrogen (secondary N) is 1. The highest BCUT2D eigenvalue weighted by molar-refractivity contribution is 5.94. The summed E-state index contributed by atoms with van der Waals surface area (Å²) in [7, 11) is 0. The lowest BCUT2D eigenvalue weighted by Gasteiger charge is -2.09. The number of alkyl halides is 3. The first kappa shape index (κ1) is 16.7. The van der Waals surface area contributed by atoms with E-state index in [4.69, 9.17) is 9.47 Å². The molecule has 0 bridgehead atoms. The molecular weight excluding hydrogens is 351 g/mol. The Bertz CT molecular complexity index is 844. The molecule has 1 amide bonds. The molecule has 1 fully saturated rings. The number of halogens is 3. The van der Waals surface area contributed by atoms with Crippen LogP contribution < -0.4 is 14.8 Å². The van der Waals surface area contributed by atoms with Gasteiger partial charge in [-0.1, -0.05) is 0 Å². The molecule has 6 nitrogen and oxygen atoms in total. The Balaban J connectivity index is 1.40. The van der Waals surface area contributed by atoms with E-state index in [0.717, 1.165) is 18.9 Å². The highest BCUT2D eigenvalue weighted by Gasteiger charge is 2.37. The number of fused-ring (bicyclic) bond motifs is 1. The number of rotatable bonds is 5. The highest BCUT2D eigenvalue weighted by Crippen LogP contribution is 2.42. The van der Waals surface area contributed by atoms with Crippen molar-refractivity contribution in [2.45, 2.75) is 31.5 Å². The Morgan fingerprint density at radius 2 is 2.00 bits per heavy atom. The van der Waals surface area contributed by atoms with Gasteiger partial charge in [0.2, 0.25) is 6.79 Å². The van der Waals surface area contributed by atoms with Crippen LogP contribution in [0, 0.1) is 0 Å². The minimum Gasteiger partial charge on any atom is -0.454 e. The van der Waals surface area contributed by atoms with E-state index in [1.165, 1.54) is 4.68 Å². The van der Waals surface area contributed by atoms with Crippen molar-refractivity contribution in [2.75, 3.05) is 13.3 Å². The van der Waals surface area contributed by atoms with Gasteiger partial charge < -0.3 is 14.8 Å². The highest BCUT2D eigenvalue weighted by atomic mass is 19.4. The van der Waals surface area contributed by atoms with E-state index in [-0.39, 0.29) is 31.7 Å². The number of amides is 1. The van der Waals surface area contributed by atoms with Gasteiger partial charge in [-0.2, -0.15) is 18.3 Å². The van der Waals surface area contributed by atoms with Crippen molar-refractivity contribution in [1.29, 1.82) is 0 Å². The van der Waals surface area contributed by atoms with Crippen LogP contribution in [-0.4, -0.2) is 29.0 Å². The predicted octanol–water partition coefficient (Wildman–Crippen LogP) is 2.94. The minimum absolute atomic E-state index is 0.116. The van der Waals surface area contributed by atoms with Crippen LogP contribution in [0.15, 0.2) is 24.3 Å². The summed E-state index contributed by atoms with van der Waals surface area (Å²) in [4.78, 5) is 12.2. The van der Waals surface area contributed by atoms with Gasteiger partial charge in [-0.05, 0) is 37.1 Å². The van der Waals surface area contributed by atoms with Crippen LogP contribution in [0.25, 0.3) is 0 Å². The first-order valence-corrected chi connectivity index (χ1v) is 8.24. The Morgan fingerprint density at radius 3 is 2.73 bits per heavy atom. The van der Waals surface area contributed by atoms with Gasteiger partial charge in [-0.25, -0.2) is 0 Å². The molecular formula is C17H16F3N3O3. The Kier molecular flexibility index (Phi) is 4.01. The van der Waals surface area contributed by atoms with Gasteiger partial charge in [0.25, 0.3) is 5.91 Å². The number of benzene rings is 1. The summed E-state index contributed by atoms with van der Waals surface area (Å²) in [6.45, 7) is 0.468. The molecule has 1 N–H and O–H groups in total.